The summed E-state index contributed by atoms with van der Waals surface area (Å²) in [6.45, 7) is 2.59. The summed E-state index contributed by atoms with van der Waals surface area (Å²) >= 11 is 5.87. The van der Waals surface area contributed by atoms with Crippen LogP contribution in [0.3, 0.4) is 0 Å². The average Bonchev–Trinajstić information content (AvgIpc) is 2.97. The molecule has 1 heterocycles. The van der Waals surface area contributed by atoms with E-state index in [2.05, 4.69) is 21.5 Å². The average molecular weight is 325 g/mol. The second-order valence-corrected chi connectivity index (χ2v) is 5.75. The number of benzene rings is 1. The van der Waals surface area contributed by atoms with Crippen LogP contribution in [0, 0.1) is 0 Å². The van der Waals surface area contributed by atoms with Crippen molar-refractivity contribution in [2.45, 2.75) is 31.8 Å². The van der Waals surface area contributed by atoms with E-state index in [0.717, 1.165) is 5.56 Å². The predicted molar refractivity (Wildman–Crippen MR) is 85.2 cm³/mol. The van der Waals surface area contributed by atoms with Gasteiger partial charge in [-0.15, -0.1) is 0 Å². The van der Waals surface area contributed by atoms with Crippen molar-refractivity contribution in [2.75, 3.05) is 13.1 Å². The van der Waals surface area contributed by atoms with Crippen molar-refractivity contribution in [3.63, 3.8) is 0 Å². The standard InChI is InChI=1S/C15H21ClN4O2/c1-10(21)17-7-2-8-18-15(22)14-9-13(19-20-14)11-3-5-12(16)6-4-11/h3-6,13-14,19-20H,2,7-9H2,1H3,(H,17,21)(H,18,22). The van der Waals surface area contributed by atoms with E-state index < -0.39 is 0 Å². The van der Waals surface area contributed by atoms with Crippen molar-refractivity contribution in [1.82, 2.24) is 21.5 Å². The number of rotatable bonds is 6. The van der Waals surface area contributed by atoms with Crippen LogP contribution in [0.4, 0.5) is 0 Å². The largest absolute Gasteiger partial charge is 0.356 e. The molecule has 120 valence electrons. The SMILES string of the molecule is CC(=O)NCCCNC(=O)C1CC(c2ccc(Cl)cc2)NN1. The normalized spacial score (nSPS) is 20.6. The molecule has 6 nitrogen and oxygen atoms in total. The molecule has 0 aromatic heterocycles. The van der Waals surface area contributed by atoms with Crippen molar-refractivity contribution >= 4 is 23.4 Å². The summed E-state index contributed by atoms with van der Waals surface area (Å²) in [5, 5.41) is 6.26. The zero-order chi connectivity index (χ0) is 15.9. The fraction of sp³-hybridized carbons (Fsp3) is 0.467. The topological polar surface area (TPSA) is 82.3 Å². The Kier molecular flexibility index (Phi) is 6.18. The third kappa shape index (κ3) is 4.98. The maximum Gasteiger partial charge on any atom is 0.238 e. The van der Waals surface area contributed by atoms with Gasteiger partial charge in [-0.25, -0.2) is 10.9 Å². The monoisotopic (exact) mass is 324 g/mol. The molecule has 0 aliphatic carbocycles. The molecule has 2 unspecified atom stereocenters. The maximum atomic E-state index is 12.1. The Labute approximate surface area is 135 Å². The first-order valence-electron chi connectivity index (χ1n) is 7.35. The molecule has 1 saturated heterocycles. The summed E-state index contributed by atoms with van der Waals surface area (Å²) in [4.78, 5) is 22.8. The van der Waals surface area contributed by atoms with Crippen LogP contribution in [0.2, 0.25) is 5.02 Å². The minimum absolute atomic E-state index is 0.0354. The van der Waals surface area contributed by atoms with E-state index in [1.54, 1.807) is 0 Å². The lowest BCUT2D eigenvalue weighted by Gasteiger charge is -2.11. The van der Waals surface area contributed by atoms with Gasteiger partial charge in [0.25, 0.3) is 0 Å². The van der Waals surface area contributed by atoms with Crippen LogP contribution >= 0.6 is 11.6 Å². The molecule has 1 aromatic rings. The first-order valence-corrected chi connectivity index (χ1v) is 7.72. The van der Waals surface area contributed by atoms with Gasteiger partial charge in [0.1, 0.15) is 6.04 Å². The Balaban J connectivity index is 1.72. The Morgan fingerprint density at radius 2 is 1.86 bits per heavy atom. The molecule has 0 spiro atoms. The highest BCUT2D eigenvalue weighted by Crippen LogP contribution is 2.23. The zero-order valence-electron chi connectivity index (χ0n) is 12.5. The third-order valence-corrected chi connectivity index (χ3v) is 3.77. The van der Waals surface area contributed by atoms with Gasteiger partial charge in [0.2, 0.25) is 11.8 Å². The molecule has 2 atom stereocenters. The van der Waals surface area contributed by atoms with E-state index in [9.17, 15) is 9.59 Å². The van der Waals surface area contributed by atoms with Gasteiger partial charge in [-0.1, -0.05) is 23.7 Å². The fourth-order valence-electron chi connectivity index (χ4n) is 2.33. The van der Waals surface area contributed by atoms with Gasteiger partial charge >= 0.3 is 0 Å². The molecule has 1 aromatic carbocycles. The number of amides is 2. The molecule has 2 amide bonds. The molecular formula is C15H21ClN4O2. The first-order chi connectivity index (χ1) is 10.6. The Hall–Kier alpha value is -1.63. The van der Waals surface area contributed by atoms with Crippen LogP contribution in [0.15, 0.2) is 24.3 Å². The van der Waals surface area contributed by atoms with Gasteiger partial charge in [0.05, 0.1) is 0 Å². The highest BCUT2D eigenvalue weighted by atomic mass is 35.5. The first kappa shape index (κ1) is 16.7. The smallest absolute Gasteiger partial charge is 0.238 e. The van der Waals surface area contributed by atoms with Gasteiger partial charge in [0, 0.05) is 31.1 Å². The highest BCUT2D eigenvalue weighted by molar-refractivity contribution is 6.30. The fourth-order valence-corrected chi connectivity index (χ4v) is 2.46. The second kappa shape index (κ2) is 8.12. The van der Waals surface area contributed by atoms with Crippen LogP contribution in [-0.4, -0.2) is 30.9 Å². The van der Waals surface area contributed by atoms with Crippen molar-refractivity contribution in [1.29, 1.82) is 0 Å². The van der Waals surface area contributed by atoms with Gasteiger partial charge in [-0.05, 0) is 30.5 Å². The number of halogens is 1. The van der Waals surface area contributed by atoms with Crippen LogP contribution in [0.25, 0.3) is 0 Å². The molecule has 7 heteroatoms. The van der Waals surface area contributed by atoms with Crippen LogP contribution in [0.1, 0.15) is 31.4 Å². The predicted octanol–water partition coefficient (Wildman–Crippen LogP) is 0.890. The molecule has 1 fully saturated rings. The second-order valence-electron chi connectivity index (χ2n) is 5.31. The quantitative estimate of drug-likeness (QED) is 0.586. The number of hydrogen-bond donors (Lipinski definition) is 4. The van der Waals surface area contributed by atoms with Gasteiger partial charge < -0.3 is 10.6 Å². The lowest BCUT2D eigenvalue weighted by molar-refractivity contribution is -0.122. The van der Waals surface area contributed by atoms with Crippen molar-refractivity contribution in [2.24, 2.45) is 0 Å². The maximum absolute atomic E-state index is 12.1. The number of carbonyl (C=O) groups is 2. The van der Waals surface area contributed by atoms with Crippen molar-refractivity contribution in [3.05, 3.63) is 34.9 Å². The summed E-state index contributed by atoms with van der Waals surface area (Å²) in [6, 6.07) is 7.42. The highest BCUT2D eigenvalue weighted by Gasteiger charge is 2.29. The summed E-state index contributed by atoms with van der Waals surface area (Å²) in [5.74, 6) is -0.0921. The molecule has 2 rings (SSSR count). The number of hydrazine groups is 1. The third-order valence-electron chi connectivity index (χ3n) is 3.52. The lowest BCUT2D eigenvalue weighted by Crippen LogP contribution is -2.43. The van der Waals surface area contributed by atoms with Crippen molar-refractivity contribution in [3.8, 4) is 0 Å². The Morgan fingerprint density at radius 3 is 2.55 bits per heavy atom. The van der Waals surface area contributed by atoms with E-state index in [-0.39, 0.29) is 23.9 Å². The summed E-state index contributed by atoms with van der Waals surface area (Å²) in [7, 11) is 0. The van der Waals surface area contributed by atoms with E-state index >= 15 is 0 Å². The Morgan fingerprint density at radius 1 is 1.18 bits per heavy atom. The van der Waals surface area contributed by atoms with E-state index in [0.29, 0.717) is 31.0 Å². The summed E-state index contributed by atoms with van der Waals surface area (Å²) in [6.07, 6.45) is 1.39. The number of hydrogen-bond acceptors (Lipinski definition) is 4. The van der Waals surface area contributed by atoms with E-state index in [4.69, 9.17) is 11.6 Å². The van der Waals surface area contributed by atoms with Gasteiger partial charge in [-0.2, -0.15) is 0 Å². The molecule has 0 bridgehead atoms. The lowest BCUT2D eigenvalue weighted by atomic mass is 10.0. The molecule has 22 heavy (non-hydrogen) atoms. The van der Waals surface area contributed by atoms with E-state index in [1.807, 2.05) is 24.3 Å². The molecule has 0 radical (unpaired) electrons. The van der Waals surface area contributed by atoms with Crippen LogP contribution in [-0.2, 0) is 9.59 Å². The van der Waals surface area contributed by atoms with E-state index in [1.165, 1.54) is 6.92 Å². The molecular weight excluding hydrogens is 304 g/mol. The molecule has 4 N–H and O–H groups in total. The molecule has 1 aliphatic heterocycles. The number of carbonyl (C=O) groups excluding carboxylic acids is 2. The van der Waals surface area contributed by atoms with Gasteiger partial charge in [0.15, 0.2) is 0 Å². The minimum Gasteiger partial charge on any atom is -0.356 e. The summed E-state index contributed by atoms with van der Waals surface area (Å²) < 4.78 is 0. The molecule has 0 saturated carbocycles. The number of nitrogens with one attached hydrogen (secondary N) is 4. The minimum atomic E-state index is -0.263. The Bertz CT molecular complexity index is 521. The zero-order valence-corrected chi connectivity index (χ0v) is 13.2. The summed E-state index contributed by atoms with van der Waals surface area (Å²) in [5.41, 5.74) is 7.24. The van der Waals surface area contributed by atoms with Gasteiger partial charge in [-0.3, -0.25) is 9.59 Å². The molecule has 1 aliphatic rings. The van der Waals surface area contributed by atoms with Crippen molar-refractivity contribution < 1.29 is 9.59 Å². The van der Waals surface area contributed by atoms with Crippen LogP contribution in [0.5, 0.6) is 0 Å². The van der Waals surface area contributed by atoms with Crippen LogP contribution < -0.4 is 21.5 Å².